The van der Waals surface area contributed by atoms with E-state index in [4.69, 9.17) is 5.11 Å². The van der Waals surface area contributed by atoms with Gasteiger partial charge in [-0.15, -0.1) is 0 Å². The third-order valence-electron chi connectivity index (χ3n) is 4.79. The van der Waals surface area contributed by atoms with Crippen molar-refractivity contribution < 1.29 is 22.7 Å². The number of halogens is 1. The Labute approximate surface area is 157 Å². The van der Waals surface area contributed by atoms with Crippen molar-refractivity contribution in [2.75, 3.05) is 24.5 Å². The lowest BCUT2D eigenvalue weighted by Crippen LogP contribution is -2.31. The molecule has 0 aromatic heterocycles. The van der Waals surface area contributed by atoms with Gasteiger partial charge in [-0.1, -0.05) is 6.07 Å². The Bertz CT molecular complexity index is 945. The van der Waals surface area contributed by atoms with E-state index >= 15 is 0 Å². The van der Waals surface area contributed by atoms with Gasteiger partial charge in [-0.3, -0.25) is 0 Å². The van der Waals surface area contributed by atoms with Gasteiger partial charge in [-0.25, -0.2) is 22.3 Å². The van der Waals surface area contributed by atoms with Crippen molar-refractivity contribution >= 4 is 21.7 Å². The van der Waals surface area contributed by atoms with Crippen LogP contribution in [0.3, 0.4) is 0 Å². The first-order valence-electron chi connectivity index (χ1n) is 8.60. The Morgan fingerprint density at radius 2 is 1.96 bits per heavy atom. The number of aryl methyl sites for hydroxylation is 1. The van der Waals surface area contributed by atoms with Gasteiger partial charge in [0.25, 0.3) is 0 Å². The maximum atomic E-state index is 13.0. The zero-order valence-corrected chi connectivity index (χ0v) is 15.7. The molecular weight excluding hydrogens is 371 g/mol. The van der Waals surface area contributed by atoms with Crippen molar-refractivity contribution in [1.82, 2.24) is 4.72 Å². The molecule has 1 heterocycles. The summed E-state index contributed by atoms with van der Waals surface area (Å²) in [5.74, 6) is -1.33. The van der Waals surface area contributed by atoms with Gasteiger partial charge in [-0.05, 0) is 61.2 Å². The molecule has 1 fully saturated rings. The smallest absolute Gasteiger partial charge is 0.335 e. The molecule has 0 bridgehead atoms. The lowest BCUT2D eigenvalue weighted by molar-refractivity contribution is 0.0696. The standard InChI is InChI=1S/C19H21FN2O4S/c1-13-2-7-17(10-18(13)19(23)24)27(25,26)21-11-14-8-9-22(12-14)16-5-3-15(20)4-6-16/h2-7,10,14,21H,8-9,11-12H2,1H3,(H,23,24). The van der Waals surface area contributed by atoms with E-state index in [1.54, 1.807) is 19.1 Å². The normalized spacial score (nSPS) is 17.3. The third kappa shape index (κ3) is 4.45. The molecule has 2 N–H and O–H groups in total. The van der Waals surface area contributed by atoms with E-state index in [-0.39, 0.29) is 28.7 Å². The highest BCUT2D eigenvalue weighted by molar-refractivity contribution is 7.89. The number of anilines is 1. The van der Waals surface area contributed by atoms with E-state index in [0.717, 1.165) is 18.7 Å². The summed E-state index contributed by atoms with van der Waals surface area (Å²) in [7, 11) is -3.79. The van der Waals surface area contributed by atoms with Crippen LogP contribution in [0.4, 0.5) is 10.1 Å². The second-order valence-electron chi connectivity index (χ2n) is 6.71. The number of benzene rings is 2. The fraction of sp³-hybridized carbons (Fsp3) is 0.316. The largest absolute Gasteiger partial charge is 0.478 e. The Morgan fingerprint density at radius 1 is 1.26 bits per heavy atom. The summed E-state index contributed by atoms with van der Waals surface area (Å²) in [5.41, 5.74) is 1.39. The number of sulfonamides is 1. The Hall–Kier alpha value is -2.45. The maximum Gasteiger partial charge on any atom is 0.335 e. The van der Waals surface area contributed by atoms with Gasteiger partial charge >= 0.3 is 5.97 Å². The van der Waals surface area contributed by atoms with Crippen LogP contribution in [0, 0.1) is 18.7 Å². The number of hydrogen-bond acceptors (Lipinski definition) is 4. The first kappa shape index (κ1) is 19.3. The lowest BCUT2D eigenvalue weighted by Gasteiger charge is -2.19. The SMILES string of the molecule is Cc1ccc(S(=O)(=O)NCC2CCN(c3ccc(F)cc3)C2)cc1C(=O)O. The number of rotatable bonds is 6. The van der Waals surface area contributed by atoms with Gasteiger partial charge < -0.3 is 10.0 Å². The fourth-order valence-corrected chi connectivity index (χ4v) is 4.34. The summed E-state index contributed by atoms with van der Waals surface area (Å²) in [4.78, 5) is 13.2. The summed E-state index contributed by atoms with van der Waals surface area (Å²) < 4.78 is 40.6. The molecule has 0 radical (unpaired) electrons. The predicted molar refractivity (Wildman–Crippen MR) is 100 cm³/mol. The van der Waals surface area contributed by atoms with Gasteiger partial charge in [0.1, 0.15) is 5.82 Å². The maximum absolute atomic E-state index is 13.0. The average molecular weight is 392 g/mol. The van der Waals surface area contributed by atoms with Crippen LogP contribution in [0.2, 0.25) is 0 Å². The van der Waals surface area contributed by atoms with E-state index in [2.05, 4.69) is 9.62 Å². The monoisotopic (exact) mass is 392 g/mol. The fourth-order valence-electron chi connectivity index (χ4n) is 3.20. The van der Waals surface area contributed by atoms with Crippen LogP contribution in [0.5, 0.6) is 0 Å². The molecule has 1 saturated heterocycles. The Morgan fingerprint density at radius 3 is 2.63 bits per heavy atom. The molecule has 1 unspecified atom stereocenters. The zero-order chi connectivity index (χ0) is 19.6. The molecule has 144 valence electrons. The lowest BCUT2D eigenvalue weighted by atomic mass is 10.1. The highest BCUT2D eigenvalue weighted by Gasteiger charge is 2.25. The van der Waals surface area contributed by atoms with Crippen LogP contribution in [0.15, 0.2) is 47.4 Å². The van der Waals surface area contributed by atoms with Crippen molar-refractivity contribution in [2.45, 2.75) is 18.2 Å². The molecule has 0 saturated carbocycles. The van der Waals surface area contributed by atoms with Crippen LogP contribution >= 0.6 is 0 Å². The third-order valence-corrected chi connectivity index (χ3v) is 6.21. The number of carbonyl (C=O) groups is 1. The average Bonchev–Trinajstić information content (AvgIpc) is 3.10. The molecule has 6 nitrogen and oxygen atoms in total. The quantitative estimate of drug-likeness (QED) is 0.789. The number of carboxylic acids is 1. The first-order valence-corrected chi connectivity index (χ1v) is 10.1. The molecular formula is C19H21FN2O4S. The molecule has 2 aromatic carbocycles. The van der Waals surface area contributed by atoms with Gasteiger partial charge in [0.15, 0.2) is 0 Å². The molecule has 3 rings (SSSR count). The van der Waals surface area contributed by atoms with Crippen molar-refractivity contribution in [3.63, 3.8) is 0 Å². The van der Waals surface area contributed by atoms with Gasteiger partial charge in [0, 0.05) is 25.3 Å². The van der Waals surface area contributed by atoms with Crippen molar-refractivity contribution in [1.29, 1.82) is 0 Å². The van der Waals surface area contributed by atoms with Crippen LogP contribution in [-0.4, -0.2) is 39.1 Å². The predicted octanol–water partition coefficient (Wildman–Crippen LogP) is 2.64. The number of carboxylic acid groups (broad SMARTS) is 1. The summed E-state index contributed by atoms with van der Waals surface area (Å²) >= 11 is 0. The molecule has 0 aliphatic carbocycles. The summed E-state index contributed by atoms with van der Waals surface area (Å²) in [6.45, 7) is 3.32. The van der Waals surface area contributed by atoms with E-state index in [1.165, 1.54) is 30.3 Å². The van der Waals surface area contributed by atoms with Crippen LogP contribution in [0.1, 0.15) is 22.3 Å². The van der Waals surface area contributed by atoms with E-state index in [1.807, 2.05) is 0 Å². The highest BCUT2D eigenvalue weighted by atomic mass is 32.2. The number of aromatic carboxylic acids is 1. The van der Waals surface area contributed by atoms with E-state index < -0.39 is 16.0 Å². The summed E-state index contributed by atoms with van der Waals surface area (Å²) in [6.07, 6.45) is 0.814. The van der Waals surface area contributed by atoms with Gasteiger partial charge in [0.2, 0.25) is 10.0 Å². The van der Waals surface area contributed by atoms with Crippen molar-refractivity contribution in [3.8, 4) is 0 Å². The van der Waals surface area contributed by atoms with Crippen LogP contribution in [0.25, 0.3) is 0 Å². The second kappa shape index (κ2) is 7.66. The molecule has 1 aliphatic rings. The van der Waals surface area contributed by atoms with E-state index in [9.17, 15) is 17.6 Å². The molecule has 27 heavy (non-hydrogen) atoms. The van der Waals surface area contributed by atoms with Crippen LogP contribution < -0.4 is 9.62 Å². The van der Waals surface area contributed by atoms with Crippen LogP contribution in [-0.2, 0) is 10.0 Å². The number of nitrogens with one attached hydrogen (secondary N) is 1. The molecule has 8 heteroatoms. The second-order valence-corrected chi connectivity index (χ2v) is 8.48. The van der Waals surface area contributed by atoms with Gasteiger partial charge in [-0.2, -0.15) is 0 Å². The number of hydrogen-bond donors (Lipinski definition) is 2. The minimum atomic E-state index is -3.79. The summed E-state index contributed by atoms with van der Waals surface area (Å²) in [6, 6.07) is 10.3. The molecule has 0 spiro atoms. The minimum Gasteiger partial charge on any atom is -0.478 e. The molecule has 1 aliphatic heterocycles. The van der Waals surface area contributed by atoms with Crippen molar-refractivity contribution in [2.24, 2.45) is 5.92 Å². The topological polar surface area (TPSA) is 86.7 Å². The Kier molecular flexibility index (Phi) is 5.48. The highest BCUT2D eigenvalue weighted by Crippen LogP contribution is 2.24. The first-order chi connectivity index (χ1) is 12.8. The summed E-state index contributed by atoms with van der Waals surface area (Å²) in [5, 5.41) is 9.17. The minimum absolute atomic E-state index is 0.0266. The molecule has 2 aromatic rings. The molecule has 1 atom stereocenters. The van der Waals surface area contributed by atoms with Crippen molar-refractivity contribution in [3.05, 3.63) is 59.4 Å². The zero-order valence-electron chi connectivity index (χ0n) is 14.9. The molecule has 0 amide bonds. The Balaban J connectivity index is 1.63. The van der Waals surface area contributed by atoms with E-state index in [0.29, 0.717) is 12.1 Å². The van der Waals surface area contributed by atoms with Gasteiger partial charge in [0.05, 0.1) is 10.5 Å². The number of nitrogens with zero attached hydrogens (tertiary/aromatic N) is 1.